The van der Waals surface area contributed by atoms with Gasteiger partial charge in [0.15, 0.2) is 0 Å². The maximum atomic E-state index is 12.7. The SMILES string of the molecule is O=C(Nc1ccc(Cl)cc1C(=O)[O-])c1cccc(-c2cnc3ccccc3c2)c1.[Na+]. The molecule has 0 radical (unpaired) electrons. The molecule has 30 heavy (non-hydrogen) atoms. The third kappa shape index (κ3) is 4.71. The van der Waals surface area contributed by atoms with E-state index in [-0.39, 0.29) is 45.8 Å². The number of carbonyl (C=O) groups excluding carboxylic acids is 2. The second-order valence-electron chi connectivity index (χ2n) is 6.43. The number of nitrogens with zero attached hydrogens (tertiary/aromatic N) is 1. The number of fused-ring (bicyclic) bond motifs is 1. The van der Waals surface area contributed by atoms with Crippen molar-refractivity contribution in [2.45, 2.75) is 0 Å². The Labute approximate surface area is 200 Å². The minimum atomic E-state index is -1.42. The molecule has 1 heterocycles. The number of carboxylic acids is 1. The molecule has 0 bridgehead atoms. The minimum Gasteiger partial charge on any atom is -0.545 e. The van der Waals surface area contributed by atoms with E-state index in [1.807, 2.05) is 36.4 Å². The molecule has 0 atom stereocenters. The van der Waals surface area contributed by atoms with Crippen LogP contribution in [-0.2, 0) is 0 Å². The number of rotatable bonds is 4. The first-order valence-electron chi connectivity index (χ1n) is 8.79. The maximum Gasteiger partial charge on any atom is 1.00 e. The molecule has 3 aromatic carbocycles. The minimum absolute atomic E-state index is 0. The number of anilines is 1. The molecule has 142 valence electrons. The first-order chi connectivity index (χ1) is 14.0. The quantitative estimate of drug-likeness (QED) is 0.499. The van der Waals surface area contributed by atoms with E-state index in [4.69, 9.17) is 11.6 Å². The van der Waals surface area contributed by atoms with Crippen LogP contribution in [0.5, 0.6) is 0 Å². The average Bonchev–Trinajstić information content (AvgIpc) is 2.74. The summed E-state index contributed by atoms with van der Waals surface area (Å²) in [5, 5.41) is 15.2. The Morgan fingerprint density at radius 2 is 1.70 bits per heavy atom. The van der Waals surface area contributed by atoms with Gasteiger partial charge in [0.1, 0.15) is 0 Å². The molecule has 4 rings (SSSR count). The van der Waals surface area contributed by atoms with Crippen molar-refractivity contribution in [1.29, 1.82) is 0 Å². The van der Waals surface area contributed by atoms with Crippen LogP contribution in [0.2, 0.25) is 5.02 Å². The van der Waals surface area contributed by atoms with Crippen LogP contribution in [0.25, 0.3) is 22.0 Å². The number of aromatic carboxylic acids is 1. The molecule has 0 aliphatic rings. The summed E-state index contributed by atoms with van der Waals surface area (Å²) in [6, 6.07) is 21.0. The molecule has 0 fully saturated rings. The summed E-state index contributed by atoms with van der Waals surface area (Å²) in [5.41, 5.74) is 2.92. The number of nitrogens with one attached hydrogen (secondary N) is 1. The van der Waals surface area contributed by atoms with E-state index in [2.05, 4.69) is 10.3 Å². The summed E-state index contributed by atoms with van der Waals surface area (Å²) < 4.78 is 0. The first kappa shape index (κ1) is 22.0. The summed E-state index contributed by atoms with van der Waals surface area (Å²) >= 11 is 5.83. The fraction of sp³-hybridized carbons (Fsp3) is 0. The molecule has 1 N–H and O–H groups in total. The second kappa shape index (κ2) is 9.41. The molecule has 0 aliphatic carbocycles. The Hall–Kier alpha value is -2.70. The van der Waals surface area contributed by atoms with Crippen LogP contribution in [0.3, 0.4) is 0 Å². The molecule has 4 aromatic rings. The van der Waals surface area contributed by atoms with E-state index in [9.17, 15) is 14.7 Å². The zero-order valence-electron chi connectivity index (χ0n) is 16.1. The van der Waals surface area contributed by atoms with Crippen LogP contribution < -0.4 is 40.0 Å². The zero-order chi connectivity index (χ0) is 20.4. The van der Waals surface area contributed by atoms with Crippen LogP contribution >= 0.6 is 11.6 Å². The van der Waals surface area contributed by atoms with Gasteiger partial charge in [-0.05, 0) is 48.0 Å². The van der Waals surface area contributed by atoms with Crippen molar-refractivity contribution in [1.82, 2.24) is 4.98 Å². The van der Waals surface area contributed by atoms with Gasteiger partial charge in [0, 0.05) is 33.3 Å². The molecule has 0 saturated heterocycles. The Balaban J connectivity index is 0.00000256. The van der Waals surface area contributed by atoms with Crippen LogP contribution in [0, 0.1) is 0 Å². The third-order valence-electron chi connectivity index (χ3n) is 4.50. The summed E-state index contributed by atoms with van der Waals surface area (Å²) in [4.78, 5) is 28.5. The smallest absolute Gasteiger partial charge is 0.545 e. The fourth-order valence-electron chi connectivity index (χ4n) is 3.06. The topological polar surface area (TPSA) is 82.1 Å². The van der Waals surface area contributed by atoms with E-state index in [1.54, 1.807) is 24.4 Å². The number of pyridine rings is 1. The van der Waals surface area contributed by atoms with Gasteiger partial charge in [-0.1, -0.05) is 41.9 Å². The first-order valence-corrected chi connectivity index (χ1v) is 9.16. The molecular weight excluding hydrogens is 411 g/mol. The normalized spacial score (nSPS) is 10.3. The summed E-state index contributed by atoms with van der Waals surface area (Å²) in [7, 11) is 0. The van der Waals surface area contributed by atoms with Crippen LogP contribution in [0.4, 0.5) is 5.69 Å². The fourth-order valence-corrected chi connectivity index (χ4v) is 3.23. The number of amides is 1. The van der Waals surface area contributed by atoms with Crippen molar-refractivity contribution in [3.05, 3.63) is 95.1 Å². The number of hydrogen-bond acceptors (Lipinski definition) is 4. The van der Waals surface area contributed by atoms with Crippen LogP contribution in [0.15, 0.2) is 79.0 Å². The third-order valence-corrected chi connectivity index (χ3v) is 4.73. The number of benzene rings is 3. The molecule has 0 unspecified atom stereocenters. The largest absolute Gasteiger partial charge is 1.00 e. The van der Waals surface area contributed by atoms with E-state index < -0.39 is 11.9 Å². The van der Waals surface area contributed by atoms with Crippen molar-refractivity contribution in [2.75, 3.05) is 5.32 Å². The van der Waals surface area contributed by atoms with Gasteiger partial charge < -0.3 is 15.2 Å². The molecule has 0 aliphatic heterocycles. The zero-order valence-corrected chi connectivity index (χ0v) is 18.8. The molecule has 1 amide bonds. The van der Waals surface area contributed by atoms with E-state index in [1.165, 1.54) is 18.2 Å². The van der Waals surface area contributed by atoms with E-state index >= 15 is 0 Å². The van der Waals surface area contributed by atoms with Gasteiger partial charge in [0.2, 0.25) is 0 Å². The Bertz CT molecular complexity index is 1260. The Morgan fingerprint density at radius 1 is 0.900 bits per heavy atom. The van der Waals surface area contributed by atoms with Gasteiger partial charge in [-0.2, -0.15) is 0 Å². The number of para-hydroxylation sites is 1. The van der Waals surface area contributed by atoms with Gasteiger partial charge in [-0.25, -0.2) is 0 Å². The summed E-state index contributed by atoms with van der Waals surface area (Å²) in [6.45, 7) is 0. The number of aromatic nitrogens is 1. The number of halogens is 1. The van der Waals surface area contributed by atoms with Crippen molar-refractivity contribution in [2.24, 2.45) is 0 Å². The van der Waals surface area contributed by atoms with Crippen molar-refractivity contribution < 1.29 is 44.3 Å². The van der Waals surface area contributed by atoms with Gasteiger partial charge in [0.25, 0.3) is 5.91 Å². The van der Waals surface area contributed by atoms with Crippen molar-refractivity contribution in [3.63, 3.8) is 0 Å². The summed E-state index contributed by atoms with van der Waals surface area (Å²) in [6.07, 6.45) is 1.76. The summed E-state index contributed by atoms with van der Waals surface area (Å²) in [5.74, 6) is -1.86. The Morgan fingerprint density at radius 3 is 2.50 bits per heavy atom. The average molecular weight is 425 g/mol. The van der Waals surface area contributed by atoms with Gasteiger partial charge in [0.05, 0.1) is 17.2 Å². The standard InChI is InChI=1S/C23H15ClN2O3.Na/c24-18-8-9-21(19(12-18)23(28)29)26-22(27)16-6-3-5-14(10-16)17-11-15-4-1-2-7-20(15)25-13-17;/h1-13H,(H,26,27)(H,28,29);/q;+1/p-1. The molecule has 1 aromatic heterocycles. The Kier molecular flexibility index (Phi) is 6.90. The molecule has 7 heteroatoms. The molecule has 0 spiro atoms. The van der Waals surface area contributed by atoms with Crippen molar-refractivity contribution >= 4 is 40.1 Å². The molecule has 0 saturated carbocycles. The number of carboxylic acid groups (broad SMARTS) is 1. The predicted octanol–water partition coefficient (Wildman–Crippen LogP) is 1.17. The monoisotopic (exact) mass is 424 g/mol. The van der Waals surface area contributed by atoms with Crippen LogP contribution in [0.1, 0.15) is 20.7 Å². The van der Waals surface area contributed by atoms with Gasteiger partial charge in [-0.3, -0.25) is 9.78 Å². The van der Waals surface area contributed by atoms with Gasteiger partial charge in [-0.15, -0.1) is 0 Å². The van der Waals surface area contributed by atoms with Gasteiger partial charge >= 0.3 is 29.6 Å². The number of carbonyl (C=O) groups is 2. The predicted molar refractivity (Wildman–Crippen MR) is 111 cm³/mol. The van der Waals surface area contributed by atoms with Crippen LogP contribution in [-0.4, -0.2) is 16.9 Å². The second-order valence-corrected chi connectivity index (χ2v) is 6.87. The maximum absolute atomic E-state index is 12.7. The molecular formula is C23H14ClN2NaO3. The van der Waals surface area contributed by atoms with E-state index in [0.29, 0.717) is 5.56 Å². The number of hydrogen-bond donors (Lipinski definition) is 1. The van der Waals surface area contributed by atoms with Crippen molar-refractivity contribution in [3.8, 4) is 11.1 Å². The van der Waals surface area contributed by atoms with E-state index in [0.717, 1.165) is 22.0 Å². The molecule has 5 nitrogen and oxygen atoms in total.